The van der Waals surface area contributed by atoms with E-state index >= 15 is 0 Å². The van der Waals surface area contributed by atoms with Crippen LogP contribution in [0.3, 0.4) is 0 Å². The SMILES string of the molecule is Cc1c(O)cccc1C(=O)NC(Cc1ccccc1)C(O)C(=O)N1CSC(C)(C)C1C(=O)CC(C)C. The first kappa shape index (κ1) is 27.7. The Morgan fingerprint density at radius 1 is 1.11 bits per heavy atom. The highest BCUT2D eigenvalue weighted by Gasteiger charge is 2.49. The van der Waals surface area contributed by atoms with E-state index in [0.717, 1.165) is 5.56 Å². The van der Waals surface area contributed by atoms with Crippen molar-refractivity contribution in [3.05, 3.63) is 65.2 Å². The molecule has 36 heavy (non-hydrogen) atoms. The number of hydrogen-bond donors (Lipinski definition) is 3. The molecule has 1 aliphatic heterocycles. The van der Waals surface area contributed by atoms with Gasteiger partial charge in [0.15, 0.2) is 11.9 Å². The predicted molar refractivity (Wildman–Crippen MR) is 142 cm³/mol. The van der Waals surface area contributed by atoms with Crippen molar-refractivity contribution in [2.45, 2.75) is 70.4 Å². The van der Waals surface area contributed by atoms with Gasteiger partial charge in [0.25, 0.3) is 11.8 Å². The highest BCUT2D eigenvalue weighted by atomic mass is 32.2. The zero-order valence-corrected chi connectivity index (χ0v) is 22.3. The molecule has 1 fully saturated rings. The Hall–Kier alpha value is -2.84. The lowest BCUT2D eigenvalue weighted by atomic mass is 9.91. The first-order chi connectivity index (χ1) is 16.9. The molecular formula is C28H36N2O5S. The van der Waals surface area contributed by atoms with Crippen molar-refractivity contribution >= 4 is 29.4 Å². The predicted octanol–water partition coefficient (Wildman–Crippen LogP) is 3.70. The van der Waals surface area contributed by atoms with Gasteiger partial charge < -0.3 is 20.4 Å². The van der Waals surface area contributed by atoms with E-state index in [-0.39, 0.29) is 35.3 Å². The van der Waals surface area contributed by atoms with Crippen molar-refractivity contribution in [1.82, 2.24) is 10.2 Å². The number of Topliss-reactive ketones (excluding diaryl/α,β-unsaturated/α-hetero) is 1. The van der Waals surface area contributed by atoms with Crippen LogP contribution in [0.2, 0.25) is 0 Å². The summed E-state index contributed by atoms with van der Waals surface area (Å²) >= 11 is 1.50. The van der Waals surface area contributed by atoms with Gasteiger partial charge in [-0.15, -0.1) is 11.8 Å². The number of aliphatic hydroxyl groups is 1. The topological polar surface area (TPSA) is 107 Å². The molecule has 1 heterocycles. The summed E-state index contributed by atoms with van der Waals surface area (Å²) in [6, 6.07) is 12.3. The molecule has 194 valence electrons. The van der Waals surface area contributed by atoms with E-state index in [1.165, 1.54) is 22.7 Å². The van der Waals surface area contributed by atoms with Crippen molar-refractivity contribution in [2.24, 2.45) is 5.92 Å². The molecule has 1 saturated heterocycles. The maximum Gasteiger partial charge on any atom is 0.254 e. The molecule has 3 rings (SSSR count). The third-order valence-electron chi connectivity index (χ3n) is 6.54. The summed E-state index contributed by atoms with van der Waals surface area (Å²) in [5.41, 5.74) is 1.51. The van der Waals surface area contributed by atoms with Crippen molar-refractivity contribution in [2.75, 3.05) is 5.88 Å². The molecule has 0 radical (unpaired) electrons. The molecule has 3 unspecified atom stereocenters. The normalized spacial score (nSPS) is 18.6. The van der Waals surface area contributed by atoms with Gasteiger partial charge in [0, 0.05) is 22.3 Å². The molecule has 3 N–H and O–H groups in total. The van der Waals surface area contributed by atoms with Gasteiger partial charge in [-0.25, -0.2) is 0 Å². The number of phenolic OH excluding ortho intramolecular Hbond substituents is 1. The molecule has 2 aromatic carbocycles. The van der Waals surface area contributed by atoms with Gasteiger partial charge in [-0.05, 0) is 50.8 Å². The van der Waals surface area contributed by atoms with Crippen molar-refractivity contribution < 1.29 is 24.6 Å². The number of benzene rings is 2. The third-order valence-corrected chi connectivity index (χ3v) is 7.92. The van der Waals surface area contributed by atoms with E-state index in [9.17, 15) is 24.6 Å². The van der Waals surface area contributed by atoms with Gasteiger partial charge in [0.05, 0.1) is 11.9 Å². The Morgan fingerprint density at radius 2 is 1.78 bits per heavy atom. The maximum absolute atomic E-state index is 13.6. The fourth-order valence-electron chi connectivity index (χ4n) is 4.60. The van der Waals surface area contributed by atoms with Crippen LogP contribution in [0.25, 0.3) is 0 Å². The number of ketones is 1. The fraction of sp³-hybridized carbons (Fsp3) is 0.464. The molecule has 3 atom stereocenters. The van der Waals surface area contributed by atoms with Gasteiger partial charge >= 0.3 is 0 Å². The molecule has 0 bridgehead atoms. The molecule has 1 aliphatic rings. The van der Waals surface area contributed by atoms with Gasteiger partial charge in [0.2, 0.25) is 0 Å². The van der Waals surface area contributed by atoms with Crippen LogP contribution in [0.5, 0.6) is 5.75 Å². The minimum atomic E-state index is -1.56. The summed E-state index contributed by atoms with van der Waals surface area (Å²) in [6.07, 6.45) is -1.00. The Bertz CT molecular complexity index is 1100. The van der Waals surface area contributed by atoms with Crippen LogP contribution in [0, 0.1) is 12.8 Å². The van der Waals surface area contributed by atoms with E-state index in [2.05, 4.69) is 5.32 Å². The summed E-state index contributed by atoms with van der Waals surface area (Å²) in [6.45, 7) is 9.43. The van der Waals surface area contributed by atoms with E-state index < -0.39 is 34.7 Å². The highest BCUT2D eigenvalue weighted by molar-refractivity contribution is 8.00. The van der Waals surface area contributed by atoms with Gasteiger partial charge in [-0.2, -0.15) is 0 Å². The first-order valence-electron chi connectivity index (χ1n) is 12.2. The molecule has 2 amide bonds. The summed E-state index contributed by atoms with van der Waals surface area (Å²) < 4.78 is -0.488. The third kappa shape index (κ3) is 6.28. The van der Waals surface area contributed by atoms with Crippen LogP contribution < -0.4 is 5.32 Å². The van der Waals surface area contributed by atoms with Crippen molar-refractivity contribution in [3.8, 4) is 5.75 Å². The number of rotatable bonds is 9. The zero-order chi connectivity index (χ0) is 26.6. The molecule has 0 spiro atoms. The molecule has 8 heteroatoms. The number of carbonyl (C=O) groups excluding carboxylic acids is 3. The van der Waals surface area contributed by atoms with Crippen LogP contribution in [0.1, 0.15) is 55.6 Å². The lowest BCUT2D eigenvalue weighted by Gasteiger charge is -2.33. The number of aromatic hydroxyl groups is 1. The fourth-order valence-corrected chi connectivity index (χ4v) is 5.76. The van der Waals surface area contributed by atoms with Crippen LogP contribution >= 0.6 is 11.8 Å². The minimum Gasteiger partial charge on any atom is -0.508 e. The Kier molecular flexibility index (Phi) is 8.84. The Balaban J connectivity index is 1.89. The smallest absolute Gasteiger partial charge is 0.254 e. The quantitative estimate of drug-likeness (QED) is 0.473. The second-order valence-corrected chi connectivity index (χ2v) is 11.9. The lowest BCUT2D eigenvalue weighted by molar-refractivity contribution is -0.146. The van der Waals surface area contributed by atoms with Crippen LogP contribution in [-0.4, -0.2) is 61.5 Å². The molecule has 0 saturated carbocycles. The van der Waals surface area contributed by atoms with Crippen LogP contribution in [0.15, 0.2) is 48.5 Å². The highest BCUT2D eigenvalue weighted by Crippen LogP contribution is 2.41. The van der Waals surface area contributed by atoms with Gasteiger partial charge in [-0.3, -0.25) is 14.4 Å². The van der Waals surface area contributed by atoms with Gasteiger partial charge in [-0.1, -0.05) is 50.2 Å². The molecular weight excluding hydrogens is 476 g/mol. The monoisotopic (exact) mass is 512 g/mol. The Labute approximate surface area is 217 Å². The van der Waals surface area contributed by atoms with E-state index in [4.69, 9.17) is 0 Å². The molecule has 7 nitrogen and oxygen atoms in total. The van der Waals surface area contributed by atoms with E-state index in [1.54, 1.807) is 19.1 Å². The maximum atomic E-state index is 13.6. The Morgan fingerprint density at radius 3 is 2.42 bits per heavy atom. The number of hydrogen-bond acceptors (Lipinski definition) is 6. The molecule has 2 aromatic rings. The molecule has 0 aliphatic carbocycles. The standard InChI is InChI=1S/C28H36N2O5S/c1-17(2)14-23(32)25-28(4,5)36-16-30(25)27(35)24(33)21(15-19-10-7-6-8-11-19)29-26(34)20-12-9-13-22(31)18(20)3/h6-13,17,21,24-25,31,33H,14-16H2,1-5H3,(H,29,34). The summed E-state index contributed by atoms with van der Waals surface area (Å²) in [7, 11) is 0. The number of phenols is 1. The number of nitrogens with zero attached hydrogens (tertiary/aromatic N) is 1. The summed E-state index contributed by atoms with van der Waals surface area (Å²) in [5, 5.41) is 24.1. The van der Waals surface area contributed by atoms with Crippen molar-refractivity contribution in [1.29, 1.82) is 0 Å². The molecule has 0 aromatic heterocycles. The van der Waals surface area contributed by atoms with E-state index in [1.807, 2.05) is 58.0 Å². The summed E-state index contributed by atoms with van der Waals surface area (Å²) in [5.74, 6) is -0.684. The van der Waals surface area contributed by atoms with Crippen molar-refractivity contribution in [3.63, 3.8) is 0 Å². The number of nitrogens with one attached hydrogen (secondary N) is 1. The lowest BCUT2D eigenvalue weighted by Crippen LogP contribution is -2.57. The number of thioether (sulfide) groups is 1. The summed E-state index contributed by atoms with van der Waals surface area (Å²) in [4.78, 5) is 41.4. The minimum absolute atomic E-state index is 0.0123. The average molecular weight is 513 g/mol. The van der Waals surface area contributed by atoms with Crippen LogP contribution in [0.4, 0.5) is 0 Å². The van der Waals surface area contributed by atoms with Crippen LogP contribution in [-0.2, 0) is 16.0 Å². The van der Waals surface area contributed by atoms with E-state index in [0.29, 0.717) is 12.0 Å². The number of carbonyl (C=O) groups is 3. The average Bonchev–Trinajstić information content (AvgIpc) is 3.14. The first-order valence-corrected chi connectivity index (χ1v) is 13.2. The number of aliphatic hydroxyl groups excluding tert-OH is 1. The van der Waals surface area contributed by atoms with Gasteiger partial charge in [0.1, 0.15) is 11.8 Å². The largest absolute Gasteiger partial charge is 0.508 e. The second kappa shape index (κ2) is 11.5. The second-order valence-electron chi connectivity index (χ2n) is 10.3. The zero-order valence-electron chi connectivity index (χ0n) is 21.5. The number of amides is 2.